The van der Waals surface area contributed by atoms with Gasteiger partial charge in [-0.25, -0.2) is 0 Å². The van der Waals surface area contributed by atoms with Crippen LogP contribution in [0.5, 0.6) is 0 Å². The number of hydrogen-bond donors (Lipinski definition) is 0. The largest absolute Gasteiger partial charge is 0.375 e. The molecule has 46 valence electrons. The Morgan fingerprint density at radius 1 is 1.38 bits per heavy atom. The zero-order chi connectivity index (χ0) is 5.56. The first-order valence-corrected chi connectivity index (χ1v) is 3.52. The summed E-state index contributed by atoms with van der Waals surface area (Å²) in [6, 6.07) is 0. The average molecular weight is 112 g/mol. The van der Waals surface area contributed by atoms with Gasteiger partial charge < -0.3 is 4.74 Å². The molecular formula is C7H12O. The molecule has 2 rings (SSSR count). The summed E-state index contributed by atoms with van der Waals surface area (Å²) < 4.78 is 5.58. The molecule has 2 saturated heterocycles. The van der Waals surface area contributed by atoms with Gasteiger partial charge in [0.1, 0.15) is 0 Å². The standard InChI is InChI=1S/C7H12O/c1-5-4-6-2-3-7(5)8-6/h5-7H,2-4H2,1H3/t5?,6-,7+/m1/s1. The summed E-state index contributed by atoms with van der Waals surface area (Å²) in [5, 5.41) is 0. The van der Waals surface area contributed by atoms with Gasteiger partial charge in [-0.15, -0.1) is 0 Å². The Kier molecular flexibility index (Phi) is 0.884. The van der Waals surface area contributed by atoms with Crippen molar-refractivity contribution in [3.05, 3.63) is 0 Å². The van der Waals surface area contributed by atoms with Crippen LogP contribution in [0.4, 0.5) is 0 Å². The summed E-state index contributed by atoms with van der Waals surface area (Å²) in [5.41, 5.74) is 0. The molecule has 2 bridgehead atoms. The van der Waals surface area contributed by atoms with Crippen LogP contribution >= 0.6 is 0 Å². The molecule has 0 aromatic heterocycles. The second-order valence-electron chi connectivity index (χ2n) is 3.09. The molecule has 3 atom stereocenters. The Bertz CT molecular complexity index is 98.6. The van der Waals surface area contributed by atoms with Gasteiger partial charge in [-0.3, -0.25) is 0 Å². The van der Waals surface area contributed by atoms with E-state index >= 15 is 0 Å². The van der Waals surface area contributed by atoms with Gasteiger partial charge in [0.2, 0.25) is 0 Å². The minimum atomic E-state index is 0.639. The summed E-state index contributed by atoms with van der Waals surface area (Å²) in [5.74, 6) is 0.855. The maximum Gasteiger partial charge on any atom is 0.0606 e. The van der Waals surface area contributed by atoms with Gasteiger partial charge in [0.15, 0.2) is 0 Å². The minimum absolute atomic E-state index is 0.639. The highest BCUT2D eigenvalue weighted by molar-refractivity contribution is 4.86. The minimum Gasteiger partial charge on any atom is -0.375 e. The Labute approximate surface area is 50.0 Å². The van der Waals surface area contributed by atoms with E-state index in [1.807, 2.05) is 0 Å². The molecule has 1 nitrogen and oxygen atoms in total. The molecule has 0 N–H and O–H groups in total. The molecule has 2 aliphatic rings. The molecule has 1 heteroatoms. The predicted molar refractivity (Wildman–Crippen MR) is 31.7 cm³/mol. The number of ether oxygens (including phenoxy) is 1. The fourth-order valence-electron chi connectivity index (χ4n) is 1.89. The summed E-state index contributed by atoms with van der Waals surface area (Å²) in [6.07, 6.45) is 5.26. The summed E-state index contributed by atoms with van der Waals surface area (Å²) in [6.45, 7) is 2.30. The third kappa shape index (κ3) is 0.510. The van der Waals surface area contributed by atoms with E-state index < -0.39 is 0 Å². The number of rotatable bonds is 0. The van der Waals surface area contributed by atoms with Crippen molar-refractivity contribution < 1.29 is 4.74 Å². The lowest BCUT2D eigenvalue weighted by atomic mass is 9.91. The van der Waals surface area contributed by atoms with E-state index in [2.05, 4.69) is 6.92 Å². The molecule has 0 aromatic carbocycles. The highest BCUT2D eigenvalue weighted by atomic mass is 16.5. The fourth-order valence-corrected chi connectivity index (χ4v) is 1.89. The van der Waals surface area contributed by atoms with E-state index in [1.54, 1.807) is 0 Å². The SMILES string of the molecule is CC1C[C@H]2CC[C@@H]1O2. The summed E-state index contributed by atoms with van der Waals surface area (Å²) in [4.78, 5) is 0. The van der Waals surface area contributed by atoms with Gasteiger partial charge >= 0.3 is 0 Å². The van der Waals surface area contributed by atoms with Crippen LogP contribution in [-0.4, -0.2) is 12.2 Å². The van der Waals surface area contributed by atoms with Crippen LogP contribution in [0.2, 0.25) is 0 Å². The van der Waals surface area contributed by atoms with Crippen molar-refractivity contribution in [2.24, 2.45) is 5.92 Å². The molecule has 0 amide bonds. The van der Waals surface area contributed by atoms with Gasteiger partial charge in [-0.1, -0.05) is 6.92 Å². The Hall–Kier alpha value is -0.0400. The van der Waals surface area contributed by atoms with Crippen molar-refractivity contribution in [3.8, 4) is 0 Å². The van der Waals surface area contributed by atoms with Crippen LogP contribution in [0.1, 0.15) is 26.2 Å². The first-order valence-electron chi connectivity index (χ1n) is 3.52. The van der Waals surface area contributed by atoms with E-state index in [0.29, 0.717) is 12.2 Å². The van der Waals surface area contributed by atoms with Gasteiger partial charge in [-0.2, -0.15) is 0 Å². The maximum absolute atomic E-state index is 5.58. The molecule has 0 aromatic rings. The van der Waals surface area contributed by atoms with Crippen molar-refractivity contribution in [2.45, 2.75) is 38.4 Å². The molecule has 2 heterocycles. The topological polar surface area (TPSA) is 9.23 Å². The lowest BCUT2D eigenvalue weighted by Gasteiger charge is -2.11. The van der Waals surface area contributed by atoms with E-state index in [9.17, 15) is 0 Å². The smallest absolute Gasteiger partial charge is 0.0606 e. The second kappa shape index (κ2) is 1.47. The second-order valence-corrected chi connectivity index (χ2v) is 3.09. The normalized spacial score (nSPS) is 52.9. The van der Waals surface area contributed by atoms with Crippen molar-refractivity contribution in [1.82, 2.24) is 0 Å². The van der Waals surface area contributed by atoms with Crippen LogP contribution in [0.25, 0.3) is 0 Å². The molecule has 0 aliphatic carbocycles. The average Bonchev–Trinajstić information content (AvgIpc) is 2.23. The van der Waals surface area contributed by atoms with Crippen molar-refractivity contribution >= 4 is 0 Å². The molecule has 8 heavy (non-hydrogen) atoms. The van der Waals surface area contributed by atoms with Gasteiger partial charge in [0.25, 0.3) is 0 Å². The van der Waals surface area contributed by atoms with Crippen molar-refractivity contribution in [2.75, 3.05) is 0 Å². The van der Waals surface area contributed by atoms with Crippen LogP contribution in [0.3, 0.4) is 0 Å². The lowest BCUT2D eigenvalue weighted by Crippen LogP contribution is -2.11. The zero-order valence-corrected chi connectivity index (χ0v) is 5.26. The molecule has 0 saturated carbocycles. The van der Waals surface area contributed by atoms with Gasteiger partial charge in [0, 0.05) is 0 Å². The van der Waals surface area contributed by atoms with Gasteiger partial charge in [0.05, 0.1) is 12.2 Å². The van der Waals surface area contributed by atoms with E-state index in [1.165, 1.54) is 19.3 Å². The monoisotopic (exact) mass is 112 g/mol. The van der Waals surface area contributed by atoms with Crippen molar-refractivity contribution in [1.29, 1.82) is 0 Å². The third-order valence-electron chi connectivity index (χ3n) is 2.41. The molecule has 2 fully saturated rings. The molecule has 0 radical (unpaired) electrons. The molecule has 1 unspecified atom stereocenters. The third-order valence-corrected chi connectivity index (χ3v) is 2.41. The van der Waals surface area contributed by atoms with E-state index in [-0.39, 0.29) is 0 Å². The zero-order valence-electron chi connectivity index (χ0n) is 5.26. The summed E-state index contributed by atoms with van der Waals surface area (Å²) in [7, 11) is 0. The van der Waals surface area contributed by atoms with Crippen LogP contribution < -0.4 is 0 Å². The van der Waals surface area contributed by atoms with Crippen LogP contribution in [0, 0.1) is 5.92 Å². The molecular weight excluding hydrogens is 100 g/mol. The number of fused-ring (bicyclic) bond motifs is 2. The molecule has 0 spiro atoms. The highest BCUT2D eigenvalue weighted by Crippen LogP contribution is 2.37. The molecule has 2 aliphatic heterocycles. The Morgan fingerprint density at radius 2 is 2.25 bits per heavy atom. The lowest BCUT2D eigenvalue weighted by molar-refractivity contribution is 0.0949. The quantitative estimate of drug-likeness (QED) is 0.462. The van der Waals surface area contributed by atoms with Crippen molar-refractivity contribution in [3.63, 3.8) is 0 Å². The van der Waals surface area contributed by atoms with Gasteiger partial charge in [-0.05, 0) is 25.2 Å². The predicted octanol–water partition coefficient (Wildman–Crippen LogP) is 1.57. The van der Waals surface area contributed by atoms with Crippen LogP contribution in [-0.2, 0) is 4.74 Å². The highest BCUT2D eigenvalue weighted by Gasteiger charge is 2.37. The Morgan fingerprint density at radius 3 is 2.50 bits per heavy atom. The Balaban J connectivity index is 2.11. The number of hydrogen-bond acceptors (Lipinski definition) is 1. The summed E-state index contributed by atoms with van der Waals surface area (Å²) >= 11 is 0. The first kappa shape index (κ1) is 4.80. The first-order chi connectivity index (χ1) is 3.86. The van der Waals surface area contributed by atoms with Crippen LogP contribution in [0.15, 0.2) is 0 Å². The van der Waals surface area contributed by atoms with E-state index in [0.717, 1.165) is 5.92 Å². The fraction of sp³-hybridized carbons (Fsp3) is 1.00. The van der Waals surface area contributed by atoms with E-state index in [4.69, 9.17) is 4.74 Å². The maximum atomic E-state index is 5.58.